The highest BCUT2D eigenvalue weighted by Gasteiger charge is 2.34. The number of aromatic nitrogens is 1. The highest BCUT2D eigenvalue weighted by molar-refractivity contribution is 6.01. The lowest BCUT2D eigenvalue weighted by Crippen LogP contribution is -2.47. The molecule has 4 aromatic rings. The Bertz CT molecular complexity index is 1960. The second-order valence-corrected chi connectivity index (χ2v) is 14.0. The van der Waals surface area contributed by atoms with E-state index in [1.165, 1.54) is 16.2 Å². The molecule has 7 rings (SSSR count). The van der Waals surface area contributed by atoms with Crippen molar-refractivity contribution < 1.29 is 27.5 Å². The third-order valence-electron chi connectivity index (χ3n) is 10.7. The van der Waals surface area contributed by atoms with Crippen LogP contribution in [0.3, 0.4) is 0 Å². The summed E-state index contributed by atoms with van der Waals surface area (Å²) >= 11 is 0. The van der Waals surface area contributed by atoms with E-state index >= 15 is 0 Å². The topological polar surface area (TPSA) is 95.9 Å². The zero-order valence-electron chi connectivity index (χ0n) is 28.5. The molecule has 3 fully saturated rings. The van der Waals surface area contributed by atoms with Crippen molar-refractivity contribution in [1.29, 1.82) is 0 Å². The number of ether oxygens (including phenoxy) is 1. The van der Waals surface area contributed by atoms with Crippen LogP contribution in [-0.4, -0.2) is 70.8 Å². The van der Waals surface area contributed by atoms with Crippen LogP contribution in [-0.2, 0) is 23.2 Å². The monoisotopic (exact) mass is 701 g/mol. The van der Waals surface area contributed by atoms with E-state index < -0.39 is 12.4 Å². The zero-order chi connectivity index (χ0) is 35.7. The van der Waals surface area contributed by atoms with Gasteiger partial charge in [0.25, 0.3) is 5.56 Å². The number of piperidine rings is 3. The molecule has 1 aromatic heterocycles. The number of hydrogen-bond acceptors (Lipinski definition) is 7. The van der Waals surface area contributed by atoms with E-state index in [1.54, 1.807) is 37.5 Å². The summed E-state index contributed by atoms with van der Waals surface area (Å²) in [6.07, 6.45) is 1.64. The van der Waals surface area contributed by atoms with Gasteiger partial charge in [-0.3, -0.25) is 24.6 Å². The molecule has 0 aliphatic carbocycles. The highest BCUT2D eigenvalue weighted by atomic mass is 19.4. The number of hydrogen-bond donors (Lipinski definition) is 2. The van der Waals surface area contributed by atoms with E-state index in [0.717, 1.165) is 57.5 Å². The van der Waals surface area contributed by atoms with Crippen molar-refractivity contribution in [1.82, 2.24) is 19.7 Å². The van der Waals surface area contributed by atoms with Crippen molar-refractivity contribution in [2.75, 3.05) is 31.5 Å². The molecule has 3 aromatic carbocycles. The van der Waals surface area contributed by atoms with Crippen LogP contribution in [0.25, 0.3) is 21.9 Å². The van der Waals surface area contributed by atoms with Gasteiger partial charge in [0.2, 0.25) is 11.8 Å². The summed E-state index contributed by atoms with van der Waals surface area (Å²) in [6, 6.07) is 20.4. The maximum atomic E-state index is 13.6. The fraction of sp³-hybridized carbons (Fsp3) is 0.410. The Balaban J connectivity index is 0.947. The van der Waals surface area contributed by atoms with Gasteiger partial charge in [0.1, 0.15) is 11.8 Å². The summed E-state index contributed by atoms with van der Waals surface area (Å²) < 4.78 is 46.9. The number of benzene rings is 3. The first-order chi connectivity index (χ1) is 24.5. The number of aryl methyl sites for hydroxylation is 1. The van der Waals surface area contributed by atoms with Crippen molar-refractivity contribution in [2.24, 2.45) is 7.05 Å². The lowest BCUT2D eigenvalue weighted by atomic mass is 9.88. The van der Waals surface area contributed by atoms with E-state index in [1.807, 2.05) is 24.3 Å². The maximum Gasteiger partial charge on any atom is 0.573 e. The molecule has 4 heterocycles. The van der Waals surface area contributed by atoms with Gasteiger partial charge in [-0.05, 0) is 105 Å². The van der Waals surface area contributed by atoms with Gasteiger partial charge < -0.3 is 19.5 Å². The van der Waals surface area contributed by atoms with Crippen molar-refractivity contribution in [3.63, 3.8) is 0 Å². The number of anilines is 1. The quantitative estimate of drug-likeness (QED) is 0.213. The van der Waals surface area contributed by atoms with Crippen LogP contribution in [0.1, 0.15) is 55.6 Å². The number of fused-ring (bicyclic) bond motifs is 1. The predicted molar refractivity (Wildman–Crippen MR) is 189 cm³/mol. The molecule has 1 unspecified atom stereocenters. The second kappa shape index (κ2) is 14.5. The van der Waals surface area contributed by atoms with Crippen molar-refractivity contribution in [2.45, 2.75) is 69.4 Å². The van der Waals surface area contributed by atoms with E-state index in [-0.39, 0.29) is 23.1 Å². The Hall–Kier alpha value is -4.68. The number of carbonyl (C=O) groups excluding carboxylic acids is 2. The van der Waals surface area contributed by atoms with Crippen molar-refractivity contribution >= 4 is 28.3 Å². The molecular formula is C39H42F3N5O4. The van der Waals surface area contributed by atoms with E-state index in [9.17, 15) is 27.6 Å². The molecule has 9 nitrogen and oxygen atoms in total. The Morgan fingerprint density at radius 1 is 0.863 bits per heavy atom. The minimum atomic E-state index is -4.84. The van der Waals surface area contributed by atoms with Crippen LogP contribution in [0, 0.1) is 0 Å². The summed E-state index contributed by atoms with van der Waals surface area (Å²) in [5, 5.41) is 6.80. The van der Waals surface area contributed by atoms with Gasteiger partial charge in [0, 0.05) is 54.5 Å². The summed E-state index contributed by atoms with van der Waals surface area (Å²) in [5.74, 6) is -0.271. The van der Waals surface area contributed by atoms with Gasteiger partial charge in [0.05, 0.1) is 0 Å². The first kappa shape index (κ1) is 34.8. The number of likely N-dealkylation sites (tertiary alicyclic amines) is 2. The second-order valence-electron chi connectivity index (χ2n) is 14.0. The molecule has 12 heteroatoms. The fourth-order valence-electron chi connectivity index (χ4n) is 7.88. The third kappa shape index (κ3) is 7.97. The Labute approximate surface area is 294 Å². The minimum absolute atomic E-state index is 0.168. The predicted octanol–water partition coefficient (Wildman–Crippen LogP) is 6.17. The standard InChI is InChI=1S/C39H42F3N5O4/c1-45-24-33(31-4-2-3-5-32(31)38(45)50)27-6-7-28(35(22-27)51-39(40,41)42)23-46-18-16-30(17-19-46)47-20-14-26(15-21-47)25-8-10-29(11-9-25)43-34-12-13-36(48)44-37(34)49/h2-11,22,24,26,30,34,43H,12-21,23H2,1H3,(H,44,48,49). The van der Waals surface area contributed by atoms with Gasteiger partial charge >= 0.3 is 6.36 Å². The van der Waals surface area contributed by atoms with Crippen LogP contribution in [0.5, 0.6) is 5.75 Å². The maximum absolute atomic E-state index is 13.6. The number of rotatable bonds is 8. The van der Waals surface area contributed by atoms with Crippen LogP contribution < -0.4 is 20.9 Å². The first-order valence-electron chi connectivity index (χ1n) is 17.6. The van der Waals surface area contributed by atoms with Gasteiger partial charge in [-0.25, -0.2) is 0 Å². The lowest BCUT2D eigenvalue weighted by molar-refractivity contribution is -0.275. The van der Waals surface area contributed by atoms with Gasteiger partial charge in [-0.15, -0.1) is 13.2 Å². The van der Waals surface area contributed by atoms with Crippen molar-refractivity contribution in [3.8, 4) is 16.9 Å². The molecule has 1 atom stereocenters. The summed E-state index contributed by atoms with van der Waals surface area (Å²) in [7, 11) is 1.64. The van der Waals surface area contributed by atoms with Crippen LogP contribution in [0.15, 0.2) is 77.7 Å². The molecular weight excluding hydrogens is 659 g/mol. The number of imide groups is 1. The number of alkyl halides is 3. The fourth-order valence-corrected chi connectivity index (χ4v) is 7.88. The van der Waals surface area contributed by atoms with Crippen molar-refractivity contribution in [3.05, 3.63) is 94.4 Å². The Morgan fingerprint density at radius 2 is 1.57 bits per heavy atom. The highest BCUT2D eigenvalue weighted by Crippen LogP contribution is 2.36. The lowest BCUT2D eigenvalue weighted by Gasteiger charge is -2.42. The van der Waals surface area contributed by atoms with Gasteiger partial charge in [0.15, 0.2) is 0 Å². The number of nitrogens with one attached hydrogen (secondary N) is 2. The number of pyridine rings is 1. The Kier molecular flexibility index (Phi) is 9.89. The third-order valence-corrected chi connectivity index (χ3v) is 10.7. The molecule has 3 saturated heterocycles. The molecule has 51 heavy (non-hydrogen) atoms. The first-order valence-corrected chi connectivity index (χ1v) is 17.6. The molecule has 0 radical (unpaired) electrons. The van der Waals surface area contributed by atoms with E-state index in [0.29, 0.717) is 58.8 Å². The molecule has 2 amide bonds. The van der Waals surface area contributed by atoms with Crippen LogP contribution in [0.4, 0.5) is 18.9 Å². The molecule has 3 aliphatic rings. The number of carbonyl (C=O) groups is 2. The van der Waals surface area contributed by atoms with Crippen LogP contribution >= 0.6 is 0 Å². The average molecular weight is 702 g/mol. The summed E-state index contributed by atoms with van der Waals surface area (Å²) in [6.45, 7) is 3.91. The minimum Gasteiger partial charge on any atom is -0.405 e. The average Bonchev–Trinajstić information content (AvgIpc) is 3.12. The SMILES string of the molecule is Cn1cc(-c2ccc(CN3CCC(N4CCC(c5ccc(NC6CCC(=O)NC6=O)cc5)CC4)CC3)c(OC(F)(F)F)c2)c2ccccc2c1=O. The zero-order valence-corrected chi connectivity index (χ0v) is 28.5. The molecule has 0 bridgehead atoms. The number of nitrogens with zero attached hydrogens (tertiary/aromatic N) is 3. The van der Waals surface area contributed by atoms with Gasteiger partial charge in [-0.2, -0.15) is 0 Å². The number of halogens is 3. The van der Waals surface area contributed by atoms with E-state index in [4.69, 9.17) is 0 Å². The molecule has 0 spiro atoms. The molecule has 3 aliphatic heterocycles. The summed E-state index contributed by atoms with van der Waals surface area (Å²) in [4.78, 5) is 41.0. The molecule has 2 N–H and O–H groups in total. The number of amides is 2. The largest absolute Gasteiger partial charge is 0.573 e. The molecule has 268 valence electrons. The van der Waals surface area contributed by atoms with Gasteiger partial charge in [-0.1, -0.05) is 42.5 Å². The normalized spacial score (nSPS) is 20.0. The van der Waals surface area contributed by atoms with E-state index in [2.05, 4.69) is 37.3 Å². The summed E-state index contributed by atoms with van der Waals surface area (Å²) in [5.41, 5.74) is 3.66. The van der Waals surface area contributed by atoms with Crippen LogP contribution in [0.2, 0.25) is 0 Å². The smallest absolute Gasteiger partial charge is 0.405 e. The molecule has 0 saturated carbocycles. The Morgan fingerprint density at radius 3 is 2.25 bits per heavy atom.